The molecule has 6 nitrogen and oxygen atoms in total. The number of hydrogen-bond donors (Lipinski definition) is 0. The van der Waals surface area contributed by atoms with Crippen LogP contribution in [0, 0.1) is 5.82 Å². The predicted octanol–water partition coefficient (Wildman–Crippen LogP) is 5.31. The molecule has 0 spiro atoms. The molecule has 1 fully saturated rings. The van der Waals surface area contributed by atoms with Crippen molar-refractivity contribution >= 4 is 5.69 Å². The summed E-state index contributed by atoms with van der Waals surface area (Å²) in [6.45, 7) is 7.11. The number of anilines is 1. The van der Waals surface area contributed by atoms with E-state index in [0.717, 1.165) is 73.3 Å². The van der Waals surface area contributed by atoms with E-state index in [1.165, 1.54) is 12.1 Å². The third kappa shape index (κ3) is 6.96. The minimum absolute atomic E-state index is 0.189. The van der Waals surface area contributed by atoms with Crippen molar-refractivity contribution in [2.45, 2.75) is 13.2 Å². The molecule has 1 aromatic heterocycles. The summed E-state index contributed by atoms with van der Waals surface area (Å²) < 4.78 is 24.7. The highest BCUT2D eigenvalue weighted by atomic mass is 19.1. The van der Waals surface area contributed by atoms with Crippen LogP contribution in [0.2, 0.25) is 0 Å². The van der Waals surface area contributed by atoms with Crippen molar-refractivity contribution < 1.29 is 13.7 Å². The normalized spacial score (nSPS) is 14.3. The second-order valence-electron chi connectivity index (χ2n) is 9.52. The largest absolute Gasteiger partial charge is 0.489 e. The van der Waals surface area contributed by atoms with E-state index in [0.29, 0.717) is 13.2 Å². The highest BCUT2D eigenvalue weighted by Crippen LogP contribution is 2.23. The molecule has 0 amide bonds. The summed E-state index contributed by atoms with van der Waals surface area (Å²) >= 11 is 0. The van der Waals surface area contributed by atoms with Crippen LogP contribution in [-0.2, 0) is 13.2 Å². The number of nitrogens with zero attached hydrogens (tertiary/aromatic N) is 4. The number of likely N-dealkylation sites (N-methyl/N-ethyl adjacent to an activating group) is 1. The van der Waals surface area contributed by atoms with E-state index in [1.807, 2.05) is 60.7 Å². The number of benzene rings is 3. The lowest BCUT2D eigenvalue weighted by atomic mass is 10.1. The number of aromatic nitrogens is 1. The van der Waals surface area contributed by atoms with Crippen molar-refractivity contribution in [3.05, 3.63) is 102 Å². The highest BCUT2D eigenvalue weighted by molar-refractivity contribution is 5.59. The van der Waals surface area contributed by atoms with Crippen LogP contribution in [0.5, 0.6) is 5.75 Å². The van der Waals surface area contributed by atoms with Gasteiger partial charge in [0.25, 0.3) is 0 Å². The summed E-state index contributed by atoms with van der Waals surface area (Å²) in [5.74, 6) is 1.49. The molecule has 0 atom stereocenters. The second kappa shape index (κ2) is 12.0. The molecule has 0 unspecified atom stereocenters. The van der Waals surface area contributed by atoms with Gasteiger partial charge in [-0.1, -0.05) is 35.5 Å². The molecule has 3 aromatic carbocycles. The lowest BCUT2D eigenvalue weighted by Crippen LogP contribution is -2.48. The fraction of sp³-hybridized carbons (Fsp3) is 0.300. The maximum Gasteiger partial charge on any atom is 0.151 e. The van der Waals surface area contributed by atoms with Crippen molar-refractivity contribution in [1.29, 1.82) is 0 Å². The van der Waals surface area contributed by atoms with Crippen LogP contribution in [0.15, 0.2) is 89.5 Å². The first-order valence-corrected chi connectivity index (χ1v) is 12.8. The van der Waals surface area contributed by atoms with E-state index < -0.39 is 0 Å². The van der Waals surface area contributed by atoms with Gasteiger partial charge in [0.15, 0.2) is 5.76 Å². The molecule has 37 heavy (non-hydrogen) atoms. The quantitative estimate of drug-likeness (QED) is 0.294. The van der Waals surface area contributed by atoms with E-state index in [1.54, 1.807) is 0 Å². The standard InChI is InChI=1S/C30H33FN4O2/c1-33(15-16-34-17-19-35(20-18-34)27-11-9-26(31)10-12-27)22-29-21-30(32-37-29)25-7-13-28(14-8-25)36-23-24-5-3-2-4-6-24/h2-14,21H,15-20,22-23H2,1H3. The third-order valence-corrected chi connectivity index (χ3v) is 6.75. The van der Waals surface area contributed by atoms with Crippen molar-refractivity contribution in [2.75, 3.05) is 51.2 Å². The molecule has 1 saturated heterocycles. The van der Waals surface area contributed by atoms with Crippen LogP contribution in [-0.4, -0.2) is 61.3 Å². The molecule has 1 aliphatic rings. The van der Waals surface area contributed by atoms with E-state index in [-0.39, 0.29) is 5.82 Å². The monoisotopic (exact) mass is 500 g/mol. The Morgan fingerprint density at radius 2 is 1.65 bits per heavy atom. The van der Waals surface area contributed by atoms with Gasteiger partial charge in [-0.05, 0) is 61.1 Å². The number of hydrogen-bond acceptors (Lipinski definition) is 6. The molecule has 2 heterocycles. The van der Waals surface area contributed by atoms with E-state index in [2.05, 4.69) is 39.0 Å². The summed E-state index contributed by atoms with van der Waals surface area (Å²) in [6.07, 6.45) is 0. The molecule has 5 rings (SSSR count). The van der Waals surface area contributed by atoms with Gasteiger partial charge in [-0.15, -0.1) is 0 Å². The molecule has 0 radical (unpaired) electrons. The summed E-state index contributed by atoms with van der Waals surface area (Å²) in [5, 5.41) is 4.27. The van der Waals surface area contributed by atoms with Gasteiger partial charge in [-0.3, -0.25) is 9.80 Å². The first kappa shape index (κ1) is 25.0. The van der Waals surface area contributed by atoms with E-state index in [4.69, 9.17) is 9.26 Å². The third-order valence-electron chi connectivity index (χ3n) is 6.75. The van der Waals surface area contributed by atoms with Gasteiger partial charge < -0.3 is 14.2 Å². The molecular weight excluding hydrogens is 467 g/mol. The zero-order valence-corrected chi connectivity index (χ0v) is 21.2. The number of piperazine rings is 1. The average molecular weight is 501 g/mol. The van der Waals surface area contributed by atoms with Crippen LogP contribution in [0.25, 0.3) is 11.3 Å². The van der Waals surface area contributed by atoms with E-state index in [9.17, 15) is 4.39 Å². The summed E-state index contributed by atoms with van der Waals surface area (Å²) in [4.78, 5) is 7.05. The Morgan fingerprint density at radius 3 is 2.38 bits per heavy atom. The molecule has 0 bridgehead atoms. The van der Waals surface area contributed by atoms with Gasteiger partial charge in [0.05, 0.1) is 6.54 Å². The van der Waals surface area contributed by atoms with Crippen molar-refractivity contribution in [3.63, 3.8) is 0 Å². The van der Waals surface area contributed by atoms with Gasteiger partial charge in [0, 0.05) is 56.6 Å². The van der Waals surface area contributed by atoms with Gasteiger partial charge in [0.1, 0.15) is 23.9 Å². The van der Waals surface area contributed by atoms with Crippen LogP contribution >= 0.6 is 0 Å². The first-order chi connectivity index (χ1) is 18.1. The van der Waals surface area contributed by atoms with E-state index >= 15 is 0 Å². The highest BCUT2D eigenvalue weighted by Gasteiger charge is 2.18. The van der Waals surface area contributed by atoms with Crippen molar-refractivity contribution in [2.24, 2.45) is 0 Å². The number of halogens is 1. The van der Waals surface area contributed by atoms with Gasteiger partial charge in [0.2, 0.25) is 0 Å². The maximum atomic E-state index is 13.2. The maximum absolute atomic E-state index is 13.2. The zero-order valence-electron chi connectivity index (χ0n) is 21.2. The van der Waals surface area contributed by atoms with Crippen LogP contribution in [0.3, 0.4) is 0 Å². The Bertz CT molecular complexity index is 1240. The fourth-order valence-corrected chi connectivity index (χ4v) is 4.53. The van der Waals surface area contributed by atoms with Gasteiger partial charge in [-0.2, -0.15) is 0 Å². The Balaban J connectivity index is 1.05. The Hall–Kier alpha value is -3.68. The number of rotatable bonds is 10. The Labute approximate surface area is 217 Å². The summed E-state index contributed by atoms with van der Waals surface area (Å²) in [7, 11) is 2.11. The topological polar surface area (TPSA) is 45.0 Å². The summed E-state index contributed by atoms with van der Waals surface area (Å²) in [6, 6.07) is 26.9. The smallest absolute Gasteiger partial charge is 0.151 e. The summed E-state index contributed by atoms with van der Waals surface area (Å²) in [5.41, 5.74) is 4.07. The first-order valence-electron chi connectivity index (χ1n) is 12.8. The molecule has 192 valence electrons. The van der Waals surface area contributed by atoms with Crippen molar-refractivity contribution in [3.8, 4) is 17.0 Å². The van der Waals surface area contributed by atoms with Crippen LogP contribution in [0.1, 0.15) is 11.3 Å². The zero-order chi connectivity index (χ0) is 25.5. The van der Waals surface area contributed by atoms with Gasteiger partial charge in [-0.25, -0.2) is 4.39 Å². The minimum atomic E-state index is -0.189. The van der Waals surface area contributed by atoms with Crippen molar-refractivity contribution in [1.82, 2.24) is 15.0 Å². The predicted molar refractivity (Wildman–Crippen MR) is 144 cm³/mol. The second-order valence-corrected chi connectivity index (χ2v) is 9.52. The molecule has 7 heteroatoms. The fourth-order valence-electron chi connectivity index (χ4n) is 4.53. The molecule has 1 aliphatic heterocycles. The van der Waals surface area contributed by atoms with Gasteiger partial charge >= 0.3 is 0 Å². The SMILES string of the molecule is CN(CCN1CCN(c2ccc(F)cc2)CC1)Cc1cc(-c2ccc(OCc3ccccc3)cc2)no1. The average Bonchev–Trinajstić information content (AvgIpc) is 3.41. The van der Waals surface area contributed by atoms with Crippen LogP contribution < -0.4 is 9.64 Å². The minimum Gasteiger partial charge on any atom is -0.489 e. The molecule has 4 aromatic rings. The molecular formula is C30H33FN4O2. The Morgan fingerprint density at radius 1 is 0.919 bits per heavy atom. The molecule has 0 N–H and O–H groups in total. The lowest BCUT2D eigenvalue weighted by molar-refractivity contribution is 0.202. The Kier molecular flexibility index (Phi) is 8.13. The molecule has 0 aliphatic carbocycles. The number of ether oxygens (including phenoxy) is 1. The molecule has 0 saturated carbocycles. The van der Waals surface area contributed by atoms with Crippen LogP contribution in [0.4, 0.5) is 10.1 Å². The lowest BCUT2D eigenvalue weighted by Gasteiger charge is -2.36.